The number of imidazole rings is 1. The molecule has 21 heavy (non-hydrogen) atoms. The molecule has 2 aromatic heterocycles. The third-order valence-corrected chi connectivity index (χ3v) is 3.42. The molecule has 0 fully saturated rings. The highest BCUT2D eigenvalue weighted by Gasteiger charge is 2.12. The number of aromatic nitrogens is 4. The quantitative estimate of drug-likeness (QED) is 0.680. The average Bonchev–Trinajstić information content (AvgIpc) is 3.01. The van der Waals surface area contributed by atoms with Crippen LogP contribution in [0.15, 0.2) is 22.7 Å². The molecular formula is C14H14ClFN4O. The predicted molar refractivity (Wildman–Crippen MR) is 76.9 cm³/mol. The fraction of sp³-hybridized carbons (Fsp3) is 0.357. The van der Waals surface area contributed by atoms with E-state index in [2.05, 4.69) is 15.1 Å². The normalized spacial score (nSPS) is 11.4. The second-order valence-corrected chi connectivity index (χ2v) is 5.11. The third-order valence-electron chi connectivity index (χ3n) is 3.23. The predicted octanol–water partition coefficient (Wildman–Crippen LogP) is 2.89. The fourth-order valence-electron chi connectivity index (χ4n) is 2.32. The monoisotopic (exact) mass is 308 g/mol. The molecule has 2 heterocycles. The minimum atomic E-state index is -0.283. The molecule has 0 unspecified atom stereocenters. The summed E-state index contributed by atoms with van der Waals surface area (Å²) in [6, 6.07) is 4.57. The Kier molecular flexibility index (Phi) is 3.88. The van der Waals surface area contributed by atoms with Crippen molar-refractivity contribution < 1.29 is 8.91 Å². The van der Waals surface area contributed by atoms with Crippen molar-refractivity contribution in [3.05, 3.63) is 41.6 Å². The summed E-state index contributed by atoms with van der Waals surface area (Å²) in [6.45, 7) is 2.36. The van der Waals surface area contributed by atoms with Crippen molar-refractivity contribution in [2.75, 3.05) is 5.88 Å². The number of nitrogens with zero attached hydrogens (tertiary/aromatic N) is 4. The van der Waals surface area contributed by atoms with Crippen LogP contribution in [0.1, 0.15) is 17.5 Å². The van der Waals surface area contributed by atoms with Crippen LogP contribution in [0.4, 0.5) is 4.39 Å². The second kappa shape index (κ2) is 5.81. The van der Waals surface area contributed by atoms with Crippen LogP contribution in [0.25, 0.3) is 11.0 Å². The first-order valence-electron chi connectivity index (χ1n) is 6.67. The number of rotatable bonds is 5. The molecule has 0 amide bonds. The van der Waals surface area contributed by atoms with Crippen LogP contribution >= 0.6 is 11.6 Å². The van der Waals surface area contributed by atoms with Crippen LogP contribution in [0, 0.1) is 12.7 Å². The molecule has 0 atom stereocenters. The van der Waals surface area contributed by atoms with Crippen LogP contribution < -0.4 is 0 Å². The minimum Gasteiger partial charge on any atom is -0.339 e. The Morgan fingerprint density at radius 2 is 2.14 bits per heavy atom. The molecule has 0 bridgehead atoms. The zero-order valence-electron chi connectivity index (χ0n) is 11.5. The summed E-state index contributed by atoms with van der Waals surface area (Å²) < 4.78 is 20.5. The summed E-state index contributed by atoms with van der Waals surface area (Å²) in [5.74, 6) is 2.18. The van der Waals surface area contributed by atoms with Gasteiger partial charge in [-0.2, -0.15) is 4.98 Å². The van der Waals surface area contributed by atoms with Gasteiger partial charge in [0.25, 0.3) is 0 Å². The molecule has 3 aromatic rings. The molecule has 0 saturated carbocycles. The van der Waals surface area contributed by atoms with E-state index in [9.17, 15) is 4.39 Å². The van der Waals surface area contributed by atoms with Gasteiger partial charge in [0.2, 0.25) is 5.89 Å². The summed E-state index contributed by atoms with van der Waals surface area (Å²) in [7, 11) is 0. The van der Waals surface area contributed by atoms with Crippen molar-refractivity contribution in [2.45, 2.75) is 26.3 Å². The number of alkyl halides is 1. The molecule has 0 aliphatic rings. The first-order chi connectivity index (χ1) is 10.2. The molecule has 0 saturated heterocycles. The largest absolute Gasteiger partial charge is 0.339 e. The van der Waals surface area contributed by atoms with Gasteiger partial charge in [-0.25, -0.2) is 9.37 Å². The van der Waals surface area contributed by atoms with E-state index in [1.54, 1.807) is 13.0 Å². The first kappa shape index (κ1) is 14.0. The number of hydrogen-bond acceptors (Lipinski definition) is 4. The highest BCUT2D eigenvalue weighted by molar-refractivity contribution is 6.17. The maximum Gasteiger partial charge on any atom is 0.228 e. The summed E-state index contributed by atoms with van der Waals surface area (Å²) in [5, 5.41) is 3.76. The van der Waals surface area contributed by atoms with E-state index < -0.39 is 0 Å². The number of fused-ring (bicyclic) bond motifs is 1. The van der Waals surface area contributed by atoms with Gasteiger partial charge in [-0.3, -0.25) is 0 Å². The minimum absolute atomic E-state index is 0.283. The lowest BCUT2D eigenvalue weighted by atomic mass is 10.3. The van der Waals surface area contributed by atoms with Crippen LogP contribution in [-0.4, -0.2) is 25.6 Å². The molecule has 0 radical (unpaired) electrons. The number of halogens is 2. The topological polar surface area (TPSA) is 56.7 Å². The van der Waals surface area contributed by atoms with Gasteiger partial charge < -0.3 is 9.09 Å². The van der Waals surface area contributed by atoms with Crippen molar-refractivity contribution in [3.8, 4) is 0 Å². The highest BCUT2D eigenvalue weighted by Crippen LogP contribution is 2.19. The SMILES string of the molecule is Cc1noc(CCn2c(CCCl)nc3ccc(F)cc32)n1. The molecule has 5 nitrogen and oxygen atoms in total. The second-order valence-electron chi connectivity index (χ2n) is 4.74. The van der Waals surface area contributed by atoms with E-state index >= 15 is 0 Å². The summed E-state index contributed by atoms with van der Waals surface area (Å²) >= 11 is 5.82. The van der Waals surface area contributed by atoms with Crippen molar-refractivity contribution >= 4 is 22.6 Å². The Labute approximate surface area is 125 Å². The maximum atomic E-state index is 13.5. The molecule has 7 heteroatoms. The van der Waals surface area contributed by atoms with Gasteiger partial charge in [0.1, 0.15) is 11.6 Å². The van der Waals surface area contributed by atoms with Gasteiger partial charge in [0, 0.05) is 25.3 Å². The van der Waals surface area contributed by atoms with Gasteiger partial charge >= 0.3 is 0 Å². The van der Waals surface area contributed by atoms with E-state index in [0.29, 0.717) is 37.0 Å². The van der Waals surface area contributed by atoms with Crippen molar-refractivity contribution in [2.24, 2.45) is 0 Å². The van der Waals surface area contributed by atoms with Crippen molar-refractivity contribution in [1.82, 2.24) is 19.7 Å². The van der Waals surface area contributed by atoms with Crippen molar-refractivity contribution in [3.63, 3.8) is 0 Å². The molecule has 3 rings (SSSR count). The van der Waals surface area contributed by atoms with E-state index in [4.69, 9.17) is 16.1 Å². The zero-order chi connectivity index (χ0) is 14.8. The van der Waals surface area contributed by atoms with Crippen molar-refractivity contribution in [1.29, 1.82) is 0 Å². The molecule has 0 spiro atoms. The van der Waals surface area contributed by atoms with Gasteiger partial charge in [-0.05, 0) is 25.1 Å². The van der Waals surface area contributed by atoms with Crippen LogP contribution in [0.2, 0.25) is 0 Å². The molecule has 110 valence electrons. The molecular weight excluding hydrogens is 295 g/mol. The third kappa shape index (κ3) is 2.90. The Morgan fingerprint density at radius 1 is 1.29 bits per heavy atom. The van der Waals surface area contributed by atoms with E-state index in [0.717, 1.165) is 16.9 Å². The summed E-state index contributed by atoms with van der Waals surface area (Å²) in [4.78, 5) is 8.68. The van der Waals surface area contributed by atoms with E-state index in [1.165, 1.54) is 12.1 Å². The lowest BCUT2D eigenvalue weighted by Crippen LogP contribution is -2.07. The highest BCUT2D eigenvalue weighted by atomic mass is 35.5. The first-order valence-corrected chi connectivity index (χ1v) is 7.20. The van der Waals surface area contributed by atoms with Gasteiger partial charge in [-0.1, -0.05) is 5.16 Å². The average molecular weight is 309 g/mol. The Morgan fingerprint density at radius 3 is 2.86 bits per heavy atom. The van der Waals surface area contributed by atoms with Gasteiger partial charge in [-0.15, -0.1) is 11.6 Å². The maximum absolute atomic E-state index is 13.5. The molecule has 0 aliphatic carbocycles. The number of hydrogen-bond donors (Lipinski definition) is 0. The number of benzene rings is 1. The molecule has 1 aromatic carbocycles. The smallest absolute Gasteiger partial charge is 0.228 e. The Bertz CT molecular complexity index is 768. The fourth-order valence-corrected chi connectivity index (χ4v) is 2.49. The Hall–Kier alpha value is -1.95. The lowest BCUT2D eigenvalue weighted by Gasteiger charge is -2.06. The van der Waals surface area contributed by atoms with Crippen LogP contribution in [0.5, 0.6) is 0 Å². The van der Waals surface area contributed by atoms with Crippen LogP contribution in [-0.2, 0) is 19.4 Å². The van der Waals surface area contributed by atoms with E-state index in [-0.39, 0.29) is 5.82 Å². The summed E-state index contributed by atoms with van der Waals surface area (Å²) in [5.41, 5.74) is 1.52. The van der Waals surface area contributed by atoms with Gasteiger partial charge in [0.05, 0.1) is 11.0 Å². The summed E-state index contributed by atoms with van der Waals surface area (Å²) in [6.07, 6.45) is 1.19. The molecule has 0 N–H and O–H groups in total. The van der Waals surface area contributed by atoms with E-state index in [1.807, 2.05) is 4.57 Å². The van der Waals surface area contributed by atoms with Gasteiger partial charge in [0.15, 0.2) is 5.82 Å². The zero-order valence-corrected chi connectivity index (χ0v) is 12.3. The molecule has 0 aliphatic heterocycles. The lowest BCUT2D eigenvalue weighted by molar-refractivity contribution is 0.368. The number of aryl methyl sites for hydroxylation is 4. The Balaban J connectivity index is 1.94. The van der Waals surface area contributed by atoms with Crippen LogP contribution in [0.3, 0.4) is 0 Å². The standard InChI is InChI=1S/C14H14ClFN4O/c1-9-17-14(21-19-9)5-7-20-12-8-10(16)2-3-11(12)18-13(20)4-6-15/h2-3,8H,4-7H2,1H3.